The van der Waals surface area contributed by atoms with Crippen molar-refractivity contribution in [2.24, 2.45) is 0 Å². The molecule has 4 aromatic carbocycles. The van der Waals surface area contributed by atoms with E-state index >= 15 is 0 Å². The fourth-order valence-electron chi connectivity index (χ4n) is 9.70. The van der Waals surface area contributed by atoms with E-state index in [1.165, 1.54) is 66.9 Å². The average Bonchev–Trinajstić information content (AvgIpc) is 2.82. The van der Waals surface area contributed by atoms with E-state index in [9.17, 15) is 42.0 Å². The first-order valence-electron chi connectivity index (χ1n) is 27.0. The van der Waals surface area contributed by atoms with Crippen LogP contribution in [0.3, 0.4) is 0 Å². The van der Waals surface area contributed by atoms with E-state index in [1.54, 1.807) is 36.4 Å². The number of amides is 4. The summed E-state index contributed by atoms with van der Waals surface area (Å²) in [5.74, 6) is -2.35. The van der Waals surface area contributed by atoms with Gasteiger partial charge in [0, 0.05) is 77.6 Å². The number of ketones is 1. The third-order valence-corrected chi connectivity index (χ3v) is 16.4. The predicted molar refractivity (Wildman–Crippen MR) is 313 cm³/mol. The minimum atomic E-state index is -4.31. The lowest BCUT2D eigenvalue weighted by atomic mass is 9.76. The fourth-order valence-corrected chi connectivity index (χ4v) is 10.6. The predicted octanol–water partition coefficient (Wildman–Crippen LogP) is 7.31. The topological polar surface area (TPSA) is 301 Å². The second-order valence-corrected chi connectivity index (χ2v) is 23.2. The molecule has 8 N–H and O–H groups in total. The normalized spacial score (nSPS) is 17.9. The largest absolute Gasteiger partial charge is 0.871 e. The quantitative estimate of drug-likeness (QED) is 0.0166. The number of hydrogen-bond donors (Lipinski definition) is 8. The molecule has 8 bridgehead atoms. The van der Waals surface area contributed by atoms with Crippen molar-refractivity contribution in [1.82, 2.24) is 31.2 Å². The van der Waals surface area contributed by atoms with Gasteiger partial charge in [0.25, 0.3) is 33.7 Å². The van der Waals surface area contributed by atoms with Crippen LogP contribution < -0.4 is 36.7 Å². The van der Waals surface area contributed by atoms with Crippen LogP contribution in [0.1, 0.15) is 142 Å². The summed E-state index contributed by atoms with van der Waals surface area (Å²) in [6.45, 7) is 14.8. The van der Waals surface area contributed by atoms with Gasteiger partial charge in [-0.25, -0.2) is 20.2 Å². The molecule has 0 radical (unpaired) electrons. The van der Waals surface area contributed by atoms with Crippen LogP contribution in [0, 0.1) is 0 Å². The standard InChI is InChI=1S/C30H26N6O4.C16H15NO5S.C16H23NO3S/c37-27-23-3-1-4-24(35-23)28(38)32-16-20-9-13-22(14-10-20)18-34-30(40)26-6-2-5-25(36-26)29(39)33-17-21-11-7-19(8-12-21)15-31-27;1-8-14(18)10(15(8)19)7-13-16(2,3)11-6-9(23(20,21)22)4-5-12(11)17-13;1-4-5-6-7-10-16(3)12(2)17-15-9-8-13(11-14(15)16)21-20-19-18/h1-14H,15-18H2,(H,31,37)(H,32,38)(H,33,39)(H,34,40);4-7,17-18H,1H2,2-3H3,(H,20,21,22);8-9,11,18H,4-7,10H2,1-3H3/b;13-7+;. The summed E-state index contributed by atoms with van der Waals surface area (Å²) in [6, 6.07) is 34.5. The number of rotatable bonds is 10. The van der Waals surface area contributed by atoms with E-state index in [1.807, 2.05) is 68.4 Å². The minimum absolute atomic E-state index is 0.0289. The molecule has 436 valence electrons. The number of allylic oxidation sites excluding steroid dienone is 4. The van der Waals surface area contributed by atoms with E-state index in [4.69, 9.17) is 5.26 Å². The number of hydrogen-bond acceptors (Lipinski definition) is 15. The van der Waals surface area contributed by atoms with Crippen LogP contribution in [-0.4, -0.2) is 63.3 Å². The summed E-state index contributed by atoms with van der Waals surface area (Å²) in [5.41, 5.74) is 9.07. The monoisotopic (exact) mass is 1180 g/mol. The molecule has 6 aromatic rings. The number of nitrogens with zero attached hydrogens (tertiary/aromatic N) is 2. The fraction of sp³-hybridized carbons (Fsp3) is 0.258. The van der Waals surface area contributed by atoms with Gasteiger partial charge in [0.15, 0.2) is 11.5 Å². The molecule has 7 aliphatic rings. The van der Waals surface area contributed by atoms with Crippen LogP contribution in [-0.2, 0) is 61.3 Å². The summed E-state index contributed by atoms with van der Waals surface area (Å²) in [5, 5.41) is 38.0. The molecule has 0 saturated carbocycles. The molecule has 2 aromatic heterocycles. The van der Waals surface area contributed by atoms with Crippen LogP contribution in [0.5, 0.6) is 0 Å². The second-order valence-electron chi connectivity index (χ2n) is 21.0. The van der Waals surface area contributed by atoms with Crippen LogP contribution in [0.4, 0.5) is 11.4 Å². The van der Waals surface area contributed by atoms with Crippen molar-refractivity contribution in [3.63, 3.8) is 0 Å². The number of anilines is 1. The van der Waals surface area contributed by atoms with Gasteiger partial charge in [-0.2, -0.15) is 8.42 Å². The Bertz CT molecular complexity index is 3520. The molecule has 8 heterocycles. The highest BCUT2D eigenvalue weighted by molar-refractivity contribution is 7.94. The average molecular weight is 1180 g/mol. The highest BCUT2D eigenvalue weighted by Crippen LogP contribution is 2.45. The maximum Gasteiger partial charge on any atom is 0.294 e. The molecule has 0 fully saturated rings. The van der Waals surface area contributed by atoms with Gasteiger partial charge < -0.3 is 31.7 Å². The van der Waals surface area contributed by atoms with E-state index in [2.05, 4.69) is 90.4 Å². The zero-order valence-electron chi connectivity index (χ0n) is 46.9. The van der Waals surface area contributed by atoms with E-state index in [0.29, 0.717) is 16.9 Å². The number of Topliss-reactive ketones (excluding diaryl/α,β-unsaturated/α-hetero) is 1. The Balaban J connectivity index is 0.000000178. The Hall–Kier alpha value is -8.64. The second kappa shape index (κ2) is 26.7. The molecule has 20 nitrogen and oxygen atoms in total. The Labute approximate surface area is 490 Å². The molecule has 22 heteroatoms. The lowest BCUT2D eigenvalue weighted by Gasteiger charge is -2.29. The van der Waals surface area contributed by atoms with Crippen molar-refractivity contribution in [1.29, 1.82) is 0 Å². The zero-order valence-corrected chi connectivity index (χ0v) is 48.5. The van der Waals surface area contributed by atoms with Gasteiger partial charge in [-0.1, -0.05) is 124 Å². The number of carbonyl (C=O) groups is 5. The number of nitrogens with one attached hydrogen (secondary N) is 6. The molecule has 0 spiro atoms. The van der Waals surface area contributed by atoms with Gasteiger partial charge in [-0.15, -0.1) is 4.33 Å². The van der Waals surface area contributed by atoms with E-state index in [0.717, 1.165) is 45.6 Å². The van der Waals surface area contributed by atoms with Gasteiger partial charge in [0.1, 0.15) is 22.8 Å². The minimum Gasteiger partial charge on any atom is -0.871 e. The van der Waals surface area contributed by atoms with Crippen molar-refractivity contribution in [3.8, 4) is 0 Å². The number of aromatic nitrogens is 2. The molecule has 4 amide bonds. The Morgan fingerprint density at radius 3 is 1.62 bits per heavy atom. The van der Waals surface area contributed by atoms with Gasteiger partial charge in [-0.05, 0) is 102 Å². The SMILES string of the molecule is C=C1C(=O)C(/C=C2/Nc3ccc(S(=O)(=O)O)cc3C2(C)C)=C1[O-].CCCCCCC1(C)C(C)=[NH+]c2ccc(SOOO)cc21.O=C1NCc2ccc(cc2)CNC(=O)c2cccc(n2)C(=O)NCc2ccc(cc2)CNC(=O)c2cccc1n2. The van der Waals surface area contributed by atoms with Crippen molar-refractivity contribution in [3.05, 3.63) is 213 Å². The highest BCUT2D eigenvalue weighted by atomic mass is 32.2. The van der Waals surface area contributed by atoms with Gasteiger partial charge in [-0.3, -0.25) is 28.5 Å². The first-order valence-corrected chi connectivity index (χ1v) is 29.2. The van der Waals surface area contributed by atoms with Gasteiger partial charge >= 0.3 is 0 Å². The smallest absolute Gasteiger partial charge is 0.294 e. The summed E-state index contributed by atoms with van der Waals surface area (Å²) in [6.07, 6.45) is 7.69. The number of unbranched alkanes of at least 4 members (excludes halogenated alkanes) is 3. The van der Waals surface area contributed by atoms with Gasteiger partial charge in [0.2, 0.25) is 5.69 Å². The Morgan fingerprint density at radius 1 is 0.690 bits per heavy atom. The molecule has 13 rings (SSSR count). The van der Waals surface area contributed by atoms with E-state index < -0.39 is 39.2 Å². The van der Waals surface area contributed by atoms with Crippen LogP contribution in [0.15, 0.2) is 166 Å². The van der Waals surface area contributed by atoms with Gasteiger partial charge in [0.05, 0.1) is 22.4 Å². The van der Waals surface area contributed by atoms with Crippen molar-refractivity contribution in [2.45, 2.75) is 114 Å². The molecule has 0 saturated heterocycles. The van der Waals surface area contributed by atoms with Crippen LogP contribution >= 0.6 is 12.0 Å². The summed E-state index contributed by atoms with van der Waals surface area (Å²) in [7, 11) is -4.31. The number of benzene rings is 4. The lowest BCUT2D eigenvalue weighted by molar-refractivity contribution is -0.432. The van der Waals surface area contributed by atoms with Crippen molar-refractivity contribution < 1.29 is 61.7 Å². The summed E-state index contributed by atoms with van der Waals surface area (Å²) in [4.78, 5) is 75.0. The van der Waals surface area contributed by atoms with Crippen LogP contribution in [0.25, 0.3) is 0 Å². The number of pyridine rings is 2. The zero-order chi connectivity index (χ0) is 60.3. The van der Waals surface area contributed by atoms with Crippen molar-refractivity contribution in [2.75, 3.05) is 5.32 Å². The number of carbonyl (C=O) groups excluding carboxylic acids is 5. The Morgan fingerprint density at radius 2 is 1.18 bits per heavy atom. The third-order valence-electron chi connectivity index (χ3n) is 14.9. The maximum atomic E-state index is 12.7. The molecule has 6 aliphatic heterocycles. The lowest BCUT2D eigenvalue weighted by Crippen LogP contribution is -2.65. The third kappa shape index (κ3) is 14.6. The summed E-state index contributed by atoms with van der Waals surface area (Å²) >= 11 is 1.01. The first kappa shape index (κ1) is 61.4. The molecule has 1 atom stereocenters. The van der Waals surface area contributed by atoms with Crippen molar-refractivity contribution >= 4 is 68.7 Å². The maximum absolute atomic E-state index is 12.7. The molecular formula is C62H64N8O12S2. The molecule has 1 unspecified atom stereocenters. The molecular weight excluding hydrogens is 1110 g/mol. The van der Waals surface area contributed by atoms with E-state index in [-0.39, 0.29) is 82.0 Å². The van der Waals surface area contributed by atoms with Crippen LogP contribution in [0.2, 0.25) is 0 Å². The summed E-state index contributed by atoms with van der Waals surface area (Å²) < 4.78 is 36.3. The number of fused-ring (bicyclic) bond motifs is 2. The Kier molecular flexibility index (Phi) is 19.5. The molecule has 1 aliphatic carbocycles. The first-order chi connectivity index (χ1) is 40.1. The highest BCUT2D eigenvalue weighted by Gasteiger charge is 2.42. The molecule has 84 heavy (non-hydrogen) atoms.